The predicted octanol–water partition coefficient (Wildman–Crippen LogP) is 5.65. The van der Waals surface area contributed by atoms with Gasteiger partial charge in [0.05, 0.1) is 5.69 Å². The second-order valence-electron chi connectivity index (χ2n) is 8.04. The van der Waals surface area contributed by atoms with Gasteiger partial charge in [-0.15, -0.1) is 10.2 Å². The molecule has 1 fully saturated rings. The number of rotatable bonds is 5. The van der Waals surface area contributed by atoms with Gasteiger partial charge in [0.2, 0.25) is 0 Å². The Morgan fingerprint density at radius 2 is 1.67 bits per heavy atom. The van der Waals surface area contributed by atoms with E-state index in [1.54, 1.807) is 0 Å². The molecule has 0 saturated heterocycles. The highest BCUT2D eigenvalue weighted by atomic mass is 16.1. The summed E-state index contributed by atoms with van der Waals surface area (Å²) in [5.41, 5.74) is 4.65. The minimum Gasteiger partial charge on any atom is -0.349 e. The van der Waals surface area contributed by atoms with E-state index in [4.69, 9.17) is 0 Å². The van der Waals surface area contributed by atoms with Crippen LogP contribution >= 0.6 is 0 Å². The van der Waals surface area contributed by atoms with E-state index in [1.807, 2.05) is 48.5 Å². The average Bonchev–Trinajstić information content (AvgIpc) is 3.03. The first kappa shape index (κ1) is 20.1. The zero-order valence-electron chi connectivity index (χ0n) is 17.4. The quantitative estimate of drug-likeness (QED) is 0.543. The van der Waals surface area contributed by atoms with Gasteiger partial charge in [-0.25, -0.2) is 0 Å². The average molecular weight is 401 g/mol. The molecule has 1 aliphatic rings. The first-order valence-corrected chi connectivity index (χ1v) is 10.8. The summed E-state index contributed by atoms with van der Waals surface area (Å²) < 4.78 is 0. The minimum atomic E-state index is 0.00995. The third kappa shape index (κ3) is 5.23. The van der Waals surface area contributed by atoms with Crippen molar-refractivity contribution in [1.29, 1.82) is 0 Å². The van der Waals surface area contributed by atoms with Gasteiger partial charge in [0.1, 0.15) is 0 Å². The zero-order chi connectivity index (χ0) is 20.8. The molecule has 1 amide bonds. The number of nitrogens with zero attached hydrogens (tertiary/aromatic N) is 2. The van der Waals surface area contributed by atoms with Crippen molar-refractivity contribution in [3.63, 3.8) is 0 Å². The third-order valence-corrected chi connectivity index (χ3v) is 5.59. The van der Waals surface area contributed by atoms with E-state index < -0.39 is 0 Å². The molecule has 0 bridgehead atoms. The maximum Gasteiger partial charge on any atom is 0.251 e. The molecule has 154 valence electrons. The monoisotopic (exact) mass is 400 g/mol. The lowest BCUT2D eigenvalue weighted by Crippen LogP contribution is -2.34. The fourth-order valence-corrected chi connectivity index (χ4v) is 3.90. The molecule has 4 rings (SSSR count). The highest BCUT2D eigenvalue weighted by molar-refractivity contribution is 5.94. The van der Waals surface area contributed by atoms with Crippen LogP contribution < -0.4 is 10.6 Å². The fraction of sp³-hybridized carbons (Fsp3) is 0.320. The normalized spacial score (nSPS) is 14.7. The van der Waals surface area contributed by atoms with Crippen LogP contribution in [0.1, 0.15) is 54.4 Å². The summed E-state index contributed by atoms with van der Waals surface area (Å²) in [6.45, 7) is 2.06. The van der Waals surface area contributed by atoms with Crippen LogP contribution in [0.4, 0.5) is 11.5 Å². The zero-order valence-corrected chi connectivity index (χ0v) is 17.4. The molecule has 2 aromatic carbocycles. The van der Waals surface area contributed by atoms with Crippen molar-refractivity contribution in [2.75, 3.05) is 5.32 Å². The first-order valence-electron chi connectivity index (χ1n) is 10.8. The summed E-state index contributed by atoms with van der Waals surface area (Å²) in [4.78, 5) is 12.5. The Bertz CT molecular complexity index is 975. The van der Waals surface area contributed by atoms with Gasteiger partial charge in [-0.05, 0) is 62.2 Å². The van der Waals surface area contributed by atoms with Gasteiger partial charge in [0, 0.05) is 22.9 Å². The molecule has 2 N–H and O–H groups in total. The van der Waals surface area contributed by atoms with Crippen molar-refractivity contribution < 1.29 is 4.79 Å². The number of aromatic nitrogens is 2. The van der Waals surface area contributed by atoms with E-state index in [-0.39, 0.29) is 5.91 Å². The topological polar surface area (TPSA) is 66.9 Å². The Kier molecular flexibility index (Phi) is 6.38. The standard InChI is InChI=1S/C25H28N4O/c1-18-7-6-8-20(17-18)23-15-16-24(29-28-23)26-22-13-11-19(12-14-22)25(30)27-21-9-4-2-3-5-10-21/h6-8,11-17,21H,2-5,9-10H2,1H3,(H,26,29)(H,27,30). The fourth-order valence-electron chi connectivity index (χ4n) is 3.90. The molecule has 3 aromatic rings. The van der Waals surface area contributed by atoms with Crippen LogP contribution in [-0.4, -0.2) is 22.1 Å². The second kappa shape index (κ2) is 9.53. The lowest BCUT2D eigenvalue weighted by Gasteiger charge is -2.16. The summed E-state index contributed by atoms with van der Waals surface area (Å²) in [7, 11) is 0. The molecule has 0 aliphatic heterocycles. The van der Waals surface area contributed by atoms with Crippen LogP contribution in [0.5, 0.6) is 0 Å². The molecule has 1 aromatic heterocycles. The maximum absolute atomic E-state index is 12.5. The number of carbonyl (C=O) groups excluding carboxylic acids is 1. The number of aryl methyl sites for hydroxylation is 1. The lowest BCUT2D eigenvalue weighted by molar-refractivity contribution is 0.0933. The third-order valence-electron chi connectivity index (χ3n) is 5.59. The van der Waals surface area contributed by atoms with Crippen molar-refractivity contribution in [2.24, 2.45) is 0 Å². The Balaban J connectivity index is 1.36. The number of amides is 1. The van der Waals surface area contributed by atoms with Gasteiger partial charge in [-0.3, -0.25) is 4.79 Å². The summed E-state index contributed by atoms with van der Waals surface area (Å²) in [6.07, 6.45) is 7.14. The predicted molar refractivity (Wildman–Crippen MR) is 121 cm³/mol. The Morgan fingerprint density at radius 3 is 2.33 bits per heavy atom. The van der Waals surface area contributed by atoms with Crippen molar-refractivity contribution in [3.05, 3.63) is 71.8 Å². The number of anilines is 2. The second-order valence-corrected chi connectivity index (χ2v) is 8.04. The maximum atomic E-state index is 12.5. The lowest BCUT2D eigenvalue weighted by atomic mass is 10.1. The number of benzene rings is 2. The largest absolute Gasteiger partial charge is 0.349 e. The Labute approximate surface area is 177 Å². The molecule has 0 spiro atoms. The van der Waals surface area contributed by atoms with E-state index in [2.05, 4.69) is 39.9 Å². The molecule has 0 radical (unpaired) electrons. The van der Waals surface area contributed by atoms with Crippen LogP contribution in [0.3, 0.4) is 0 Å². The van der Waals surface area contributed by atoms with Crippen LogP contribution in [0.15, 0.2) is 60.7 Å². The van der Waals surface area contributed by atoms with E-state index >= 15 is 0 Å². The summed E-state index contributed by atoms with van der Waals surface area (Å²) in [5.74, 6) is 0.679. The van der Waals surface area contributed by atoms with Crippen LogP contribution in [0.25, 0.3) is 11.3 Å². The molecular formula is C25H28N4O. The van der Waals surface area contributed by atoms with Crippen molar-refractivity contribution in [3.8, 4) is 11.3 Å². The highest BCUT2D eigenvalue weighted by Crippen LogP contribution is 2.21. The van der Waals surface area contributed by atoms with Crippen LogP contribution in [-0.2, 0) is 0 Å². The van der Waals surface area contributed by atoms with E-state index in [9.17, 15) is 4.79 Å². The molecule has 5 nitrogen and oxygen atoms in total. The molecule has 1 aliphatic carbocycles. The first-order chi connectivity index (χ1) is 14.7. The number of carbonyl (C=O) groups is 1. The number of hydrogen-bond donors (Lipinski definition) is 2. The molecule has 0 atom stereocenters. The summed E-state index contributed by atoms with van der Waals surface area (Å²) in [5, 5.41) is 15.0. The smallest absolute Gasteiger partial charge is 0.251 e. The van der Waals surface area contributed by atoms with Crippen molar-refractivity contribution in [1.82, 2.24) is 15.5 Å². The van der Waals surface area contributed by atoms with Crippen molar-refractivity contribution >= 4 is 17.4 Å². The van der Waals surface area contributed by atoms with Crippen LogP contribution in [0, 0.1) is 6.92 Å². The minimum absolute atomic E-state index is 0.00995. The van der Waals surface area contributed by atoms with Gasteiger partial charge < -0.3 is 10.6 Å². The molecule has 1 saturated carbocycles. The van der Waals surface area contributed by atoms with Gasteiger partial charge in [0.25, 0.3) is 5.91 Å². The van der Waals surface area contributed by atoms with Gasteiger partial charge in [-0.1, -0.05) is 49.4 Å². The van der Waals surface area contributed by atoms with E-state index in [0.717, 1.165) is 29.8 Å². The van der Waals surface area contributed by atoms with Gasteiger partial charge >= 0.3 is 0 Å². The van der Waals surface area contributed by atoms with Gasteiger partial charge in [0.15, 0.2) is 5.82 Å². The summed E-state index contributed by atoms with van der Waals surface area (Å²) >= 11 is 0. The molecular weight excluding hydrogens is 372 g/mol. The Morgan fingerprint density at radius 1 is 0.900 bits per heavy atom. The molecule has 30 heavy (non-hydrogen) atoms. The van der Waals surface area contributed by atoms with Gasteiger partial charge in [-0.2, -0.15) is 0 Å². The molecule has 0 unspecified atom stereocenters. The van der Waals surface area contributed by atoms with E-state index in [0.29, 0.717) is 17.4 Å². The summed E-state index contributed by atoms with van der Waals surface area (Å²) in [6, 6.07) is 19.9. The molecule has 5 heteroatoms. The van der Waals surface area contributed by atoms with E-state index in [1.165, 1.54) is 31.2 Å². The molecule has 1 heterocycles. The van der Waals surface area contributed by atoms with Crippen molar-refractivity contribution in [2.45, 2.75) is 51.5 Å². The SMILES string of the molecule is Cc1cccc(-c2ccc(Nc3ccc(C(=O)NC4CCCCCC4)cc3)nn2)c1. The highest BCUT2D eigenvalue weighted by Gasteiger charge is 2.15. The van der Waals surface area contributed by atoms with Crippen LogP contribution in [0.2, 0.25) is 0 Å². The Hall–Kier alpha value is -3.21. The number of hydrogen-bond acceptors (Lipinski definition) is 4. The number of nitrogens with one attached hydrogen (secondary N) is 2.